The van der Waals surface area contributed by atoms with Crippen molar-refractivity contribution in [3.8, 4) is 0 Å². The Morgan fingerprint density at radius 1 is 1.62 bits per heavy atom. The van der Waals surface area contributed by atoms with Crippen molar-refractivity contribution in [1.29, 1.82) is 5.41 Å². The van der Waals surface area contributed by atoms with Crippen molar-refractivity contribution < 1.29 is 19.7 Å². The van der Waals surface area contributed by atoms with Crippen LogP contribution in [0, 0.1) is 5.41 Å². The highest BCUT2D eigenvalue weighted by molar-refractivity contribution is 6.00. The molecule has 1 saturated heterocycles. The molecule has 2 aliphatic rings. The van der Waals surface area contributed by atoms with Crippen molar-refractivity contribution in [3.63, 3.8) is 0 Å². The molecule has 2 aliphatic heterocycles. The molecular formula is C12H19N5O4. The van der Waals surface area contributed by atoms with Gasteiger partial charge in [-0.3, -0.25) is 9.98 Å². The van der Waals surface area contributed by atoms with E-state index >= 15 is 0 Å². The average molecular weight is 297 g/mol. The fourth-order valence-corrected chi connectivity index (χ4v) is 2.70. The van der Waals surface area contributed by atoms with Crippen LogP contribution in [0.2, 0.25) is 0 Å². The van der Waals surface area contributed by atoms with Crippen molar-refractivity contribution >= 4 is 11.7 Å². The molecule has 4 N–H and O–H groups in total. The van der Waals surface area contributed by atoms with E-state index in [2.05, 4.69) is 10.3 Å². The Hall–Kier alpha value is -1.68. The van der Waals surface area contributed by atoms with Gasteiger partial charge in [0.2, 0.25) is 0 Å². The highest BCUT2D eigenvalue weighted by atomic mass is 16.6. The van der Waals surface area contributed by atoms with E-state index in [9.17, 15) is 10.2 Å². The number of nitrogens with zero attached hydrogens (tertiary/aromatic N) is 3. The molecule has 0 aliphatic carbocycles. The molecule has 3 rings (SSSR count). The zero-order valence-corrected chi connectivity index (χ0v) is 11.9. The van der Waals surface area contributed by atoms with Gasteiger partial charge < -0.3 is 29.9 Å². The van der Waals surface area contributed by atoms with Crippen molar-refractivity contribution in [3.05, 3.63) is 12.0 Å². The van der Waals surface area contributed by atoms with Crippen LogP contribution in [0.15, 0.2) is 6.33 Å². The first-order valence-corrected chi connectivity index (χ1v) is 6.66. The highest BCUT2D eigenvalue weighted by Gasteiger charge is 2.46. The molecule has 1 fully saturated rings. The van der Waals surface area contributed by atoms with Crippen molar-refractivity contribution in [2.24, 2.45) is 0 Å². The van der Waals surface area contributed by atoms with Crippen LogP contribution >= 0.6 is 0 Å². The van der Waals surface area contributed by atoms with Crippen LogP contribution in [-0.4, -0.2) is 76.2 Å². The molecule has 116 valence electrons. The standard InChI is InChI=1S/C12H19N5O4/c1-16-4-15-11-7(10(16)13)14-5-17(11)12-9(20-2)8(19)6(3-18)21-12/h5-6,8-9,12-13,15,18-19H,3-4H2,1-2H3/t6-,8-,9-,12-/m1/s1. The molecule has 0 aromatic carbocycles. The molecule has 3 heterocycles. The number of imidazole rings is 1. The quantitative estimate of drug-likeness (QED) is 0.553. The predicted octanol–water partition coefficient (Wildman–Crippen LogP) is -1.21. The van der Waals surface area contributed by atoms with Crippen LogP contribution in [0.5, 0.6) is 0 Å². The molecule has 1 aromatic heterocycles. The van der Waals surface area contributed by atoms with E-state index < -0.39 is 24.5 Å². The highest BCUT2D eigenvalue weighted by Crippen LogP contribution is 2.35. The Bertz CT molecular complexity index is 548. The summed E-state index contributed by atoms with van der Waals surface area (Å²) in [6, 6.07) is 0. The maximum atomic E-state index is 10.1. The SMILES string of the molecule is CO[C@@H]1[C@H](O)[C@@H](CO)O[C@H]1n1cnc2c1NCN(C)C2=N. The second-order valence-corrected chi connectivity index (χ2v) is 5.17. The summed E-state index contributed by atoms with van der Waals surface area (Å²) < 4.78 is 12.7. The number of hydrogen-bond donors (Lipinski definition) is 4. The summed E-state index contributed by atoms with van der Waals surface area (Å²) in [6.07, 6.45) is -1.30. The summed E-state index contributed by atoms with van der Waals surface area (Å²) in [7, 11) is 3.28. The van der Waals surface area contributed by atoms with E-state index in [-0.39, 0.29) is 6.61 Å². The number of methoxy groups -OCH3 is 1. The van der Waals surface area contributed by atoms with Crippen molar-refractivity contribution in [2.45, 2.75) is 24.5 Å². The topological polar surface area (TPSA) is 116 Å². The summed E-state index contributed by atoms with van der Waals surface area (Å²) in [5.74, 6) is 0.963. The van der Waals surface area contributed by atoms with E-state index in [4.69, 9.17) is 14.9 Å². The van der Waals surface area contributed by atoms with Crippen molar-refractivity contribution in [2.75, 3.05) is 32.7 Å². The Balaban J connectivity index is 1.95. The number of rotatable bonds is 3. The van der Waals surface area contributed by atoms with E-state index in [1.54, 1.807) is 22.8 Å². The monoisotopic (exact) mass is 297 g/mol. The Kier molecular flexibility index (Phi) is 3.57. The average Bonchev–Trinajstić information content (AvgIpc) is 3.03. The molecule has 1 aromatic rings. The zero-order valence-electron chi connectivity index (χ0n) is 11.9. The molecule has 0 unspecified atom stereocenters. The van der Waals surface area contributed by atoms with Crippen LogP contribution < -0.4 is 5.32 Å². The minimum Gasteiger partial charge on any atom is -0.394 e. The molecule has 0 saturated carbocycles. The lowest BCUT2D eigenvalue weighted by molar-refractivity contribution is -0.0592. The van der Waals surface area contributed by atoms with E-state index in [1.807, 2.05) is 0 Å². The lowest BCUT2D eigenvalue weighted by Crippen LogP contribution is -2.38. The number of ether oxygens (including phenoxy) is 2. The first-order valence-electron chi connectivity index (χ1n) is 6.66. The van der Waals surface area contributed by atoms with Gasteiger partial charge >= 0.3 is 0 Å². The summed E-state index contributed by atoms with van der Waals surface area (Å²) >= 11 is 0. The zero-order chi connectivity index (χ0) is 15.1. The number of nitrogens with one attached hydrogen (secondary N) is 2. The normalized spacial score (nSPS) is 32.2. The third-order valence-electron chi connectivity index (χ3n) is 3.92. The number of aliphatic hydroxyl groups is 2. The molecule has 9 nitrogen and oxygen atoms in total. The fourth-order valence-electron chi connectivity index (χ4n) is 2.70. The summed E-state index contributed by atoms with van der Waals surface area (Å²) in [4.78, 5) is 5.96. The third-order valence-corrected chi connectivity index (χ3v) is 3.92. The number of fused-ring (bicyclic) bond motifs is 1. The molecule has 4 atom stereocenters. The molecule has 0 bridgehead atoms. The van der Waals surface area contributed by atoms with Gasteiger partial charge in [0.05, 0.1) is 19.6 Å². The molecular weight excluding hydrogens is 278 g/mol. The third kappa shape index (κ3) is 2.09. The van der Waals surface area contributed by atoms with Gasteiger partial charge in [0.25, 0.3) is 0 Å². The first kappa shape index (κ1) is 14.3. The molecule has 21 heavy (non-hydrogen) atoms. The smallest absolute Gasteiger partial charge is 0.166 e. The summed E-state index contributed by atoms with van der Waals surface area (Å²) in [6.45, 7) is 0.189. The molecule has 0 amide bonds. The number of anilines is 1. The Labute approximate surface area is 121 Å². The van der Waals surface area contributed by atoms with Crippen molar-refractivity contribution in [1.82, 2.24) is 14.5 Å². The second-order valence-electron chi connectivity index (χ2n) is 5.17. The van der Waals surface area contributed by atoms with Crippen LogP contribution in [-0.2, 0) is 9.47 Å². The van der Waals surface area contributed by atoms with Crippen LogP contribution in [0.1, 0.15) is 11.9 Å². The number of amidine groups is 1. The maximum Gasteiger partial charge on any atom is 0.166 e. The van der Waals surface area contributed by atoms with Gasteiger partial charge in [-0.2, -0.15) is 0 Å². The van der Waals surface area contributed by atoms with Gasteiger partial charge in [0, 0.05) is 14.2 Å². The number of hydrogen-bond acceptors (Lipinski definition) is 7. The van der Waals surface area contributed by atoms with E-state index in [0.29, 0.717) is 24.0 Å². The number of aromatic nitrogens is 2. The first-order chi connectivity index (χ1) is 10.1. The van der Waals surface area contributed by atoms with Gasteiger partial charge in [-0.15, -0.1) is 0 Å². The van der Waals surface area contributed by atoms with Crippen LogP contribution in [0.4, 0.5) is 5.82 Å². The number of aliphatic hydroxyl groups excluding tert-OH is 2. The lowest BCUT2D eigenvalue weighted by atomic mass is 10.1. The molecule has 0 spiro atoms. The van der Waals surface area contributed by atoms with Gasteiger partial charge in [-0.05, 0) is 0 Å². The fraction of sp³-hybridized carbons (Fsp3) is 0.667. The summed E-state index contributed by atoms with van der Waals surface area (Å²) in [5.41, 5.74) is 0.518. The maximum absolute atomic E-state index is 10.1. The second kappa shape index (κ2) is 5.26. The van der Waals surface area contributed by atoms with Crippen LogP contribution in [0.3, 0.4) is 0 Å². The van der Waals surface area contributed by atoms with Gasteiger partial charge in [-0.1, -0.05) is 0 Å². The van der Waals surface area contributed by atoms with Gasteiger partial charge in [0.15, 0.2) is 12.1 Å². The molecule has 9 heteroatoms. The predicted molar refractivity (Wildman–Crippen MR) is 73.1 cm³/mol. The van der Waals surface area contributed by atoms with Gasteiger partial charge in [0.1, 0.15) is 29.8 Å². The van der Waals surface area contributed by atoms with Crippen LogP contribution in [0.25, 0.3) is 0 Å². The lowest BCUT2D eigenvalue weighted by Gasteiger charge is -2.28. The largest absolute Gasteiger partial charge is 0.394 e. The minimum atomic E-state index is -0.922. The Morgan fingerprint density at radius 2 is 2.38 bits per heavy atom. The minimum absolute atomic E-state index is 0.291. The van der Waals surface area contributed by atoms with E-state index in [1.165, 1.54) is 7.11 Å². The summed E-state index contributed by atoms with van der Waals surface area (Å²) in [5, 5.41) is 30.5. The Morgan fingerprint density at radius 3 is 3.05 bits per heavy atom. The van der Waals surface area contributed by atoms with E-state index in [0.717, 1.165) is 0 Å². The van der Waals surface area contributed by atoms with Gasteiger partial charge in [-0.25, -0.2) is 4.98 Å². The molecule has 0 radical (unpaired) electrons.